The molecule has 2 atom stereocenters. The highest BCUT2D eigenvalue weighted by Crippen LogP contribution is 2.45. The summed E-state index contributed by atoms with van der Waals surface area (Å²) in [7, 11) is 4.31. The summed E-state index contributed by atoms with van der Waals surface area (Å²) in [6.07, 6.45) is 1.38. The maximum absolute atomic E-state index is 2.32. The molecule has 1 heteroatoms. The van der Waals surface area contributed by atoms with Gasteiger partial charge in [0, 0.05) is 5.54 Å². The van der Waals surface area contributed by atoms with E-state index in [1.165, 1.54) is 6.42 Å². The van der Waals surface area contributed by atoms with Crippen molar-refractivity contribution in [2.24, 2.45) is 5.92 Å². The minimum atomic E-state index is 0.542. The van der Waals surface area contributed by atoms with E-state index in [9.17, 15) is 0 Å². The molecule has 0 aromatic heterocycles. The van der Waals surface area contributed by atoms with E-state index >= 15 is 0 Å². The Hall–Kier alpha value is -0.0400. The molecule has 0 bridgehead atoms. The Balaban J connectivity index is 2.47. The van der Waals surface area contributed by atoms with Gasteiger partial charge in [0.25, 0.3) is 0 Å². The van der Waals surface area contributed by atoms with Crippen molar-refractivity contribution in [1.82, 2.24) is 4.90 Å². The largest absolute Gasteiger partial charge is 0.304 e. The molecule has 0 saturated heterocycles. The fourth-order valence-electron chi connectivity index (χ4n) is 1.18. The van der Waals surface area contributed by atoms with Crippen molar-refractivity contribution in [1.29, 1.82) is 0 Å². The molecule has 1 saturated carbocycles. The average molecular weight is 113 g/mol. The second kappa shape index (κ2) is 1.47. The molecule has 0 aromatic carbocycles. The SMILES string of the molecule is C[C@@H]1C[C@]1(C)N(C)C. The van der Waals surface area contributed by atoms with E-state index in [0.717, 1.165) is 5.92 Å². The van der Waals surface area contributed by atoms with Gasteiger partial charge in [-0.3, -0.25) is 0 Å². The lowest BCUT2D eigenvalue weighted by molar-refractivity contribution is 0.275. The Morgan fingerprint density at radius 3 is 1.88 bits per heavy atom. The molecule has 1 nitrogen and oxygen atoms in total. The monoisotopic (exact) mass is 113 g/mol. The van der Waals surface area contributed by atoms with Crippen LogP contribution in [-0.2, 0) is 0 Å². The van der Waals surface area contributed by atoms with E-state index in [-0.39, 0.29) is 0 Å². The fourth-order valence-corrected chi connectivity index (χ4v) is 1.18. The first-order chi connectivity index (χ1) is 3.57. The molecule has 1 fully saturated rings. The smallest absolute Gasteiger partial charge is 0.0204 e. The first kappa shape index (κ1) is 6.09. The van der Waals surface area contributed by atoms with Crippen molar-refractivity contribution in [3.8, 4) is 0 Å². The Bertz CT molecular complexity index is 98.6. The highest BCUT2D eigenvalue weighted by Gasteiger charge is 2.48. The molecule has 1 aliphatic carbocycles. The highest BCUT2D eigenvalue weighted by molar-refractivity contribution is 5.03. The van der Waals surface area contributed by atoms with Gasteiger partial charge < -0.3 is 4.90 Å². The van der Waals surface area contributed by atoms with Crippen LogP contribution in [0.4, 0.5) is 0 Å². The Morgan fingerprint density at radius 2 is 1.88 bits per heavy atom. The number of hydrogen-bond donors (Lipinski definition) is 0. The third-order valence-electron chi connectivity index (χ3n) is 2.64. The lowest BCUT2D eigenvalue weighted by Gasteiger charge is -2.18. The van der Waals surface area contributed by atoms with Crippen molar-refractivity contribution in [2.45, 2.75) is 25.8 Å². The van der Waals surface area contributed by atoms with Crippen molar-refractivity contribution < 1.29 is 0 Å². The zero-order valence-corrected chi connectivity index (χ0v) is 6.23. The summed E-state index contributed by atoms with van der Waals surface area (Å²) in [5.41, 5.74) is 0.542. The van der Waals surface area contributed by atoms with Crippen LogP contribution in [0.1, 0.15) is 20.3 Å². The summed E-state index contributed by atoms with van der Waals surface area (Å²) in [6, 6.07) is 0. The Morgan fingerprint density at radius 1 is 1.50 bits per heavy atom. The molecule has 0 unspecified atom stereocenters. The van der Waals surface area contributed by atoms with Crippen molar-refractivity contribution in [2.75, 3.05) is 14.1 Å². The number of nitrogens with zero attached hydrogens (tertiary/aromatic N) is 1. The molecule has 48 valence electrons. The van der Waals surface area contributed by atoms with Crippen molar-refractivity contribution in [3.05, 3.63) is 0 Å². The van der Waals surface area contributed by atoms with Crippen molar-refractivity contribution in [3.63, 3.8) is 0 Å². The molecule has 8 heavy (non-hydrogen) atoms. The number of hydrogen-bond acceptors (Lipinski definition) is 1. The minimum absolute atomic E-state index is 0.542. The normalized spacial score (nSPS) is 45.4. The van der Waals surface area contributed by atoms with Gasteiger partial charge in [-0.25, -0.2) is 0 Å². The summed E-state index contributed by atoms with van der Waals surface area (Å²) in [5, 5.41) is 0. The summed E-state index contributed by atoms with van der Waals surface area (Å²) in [5.74, 6) is 0.914. The van der Waals surface area contributed by atoms with E-state index in [1.54, 1.807) is 0 Å². The molecule has 0 N–H and O–H groups in total. The molecule has 0 heterocycles. The van der Waals surface area contributed by atoms with Gasteiger partial charge in [0.15, 0.2) is 0 Å². The van der Waals surface area contributed by atoms with Gasteiger partial charge in [-0.2, -0.15) is 0 Å². The van der Waals surface area contributed by atoms with Gasteiger partial charge in [-0.15, -0.1) is 0 Å². The maximum atomic E-state index is 2.32. The Labute approximate surface area is 51.7 Å². The highest BCUT2D eigenvalue weighted by atomic mass is 15.2. The van der Waals surface area contributed by atoms with Crippen LogP contribution in [0.15, 0.2) is 0 Å². The molecule has 0 amide bonds. The maximum Gasteiger partial charge on any atom is 0.0204 e. The molecule has 1 rings (SSSR count). The Kier molecular flexibility index (Phi) is 1.12. The average Bonchev–Trinajstić information content (AvgIpc) is 2.17. The van der Waals surface area contributed by atoms with Crippen LogP contribution >= 0.6 is 0 Å². The topological polar surface area (TPSA) is 3.24 Å². The number of rotatable bonds is 1. The standard InChI is InChI=1S/C7H15N/c1-6-5-7(6,2)8(3)4/h6H,5H2,1-4H3/t6-,7+/m1/s1. The summed E-state index contributed by atoms with van der Waals surface area (Å²) in [6.45, 7) is 4.62. The third kappa shape index (κ3) is 0.655. The van der Waals surface area contributed by atoms with Crippen LogP contribution < -0.4 is 0 Å². The molecular weight excluding hydrogens is 98.1 g/mol. The molecule has 0 radical (unpaired) electrons. The van der Waals surface area contributed by atoms with E-state index in [4.69, 9.17) is 0 Å². The summed E-state index contributed by atoms with van der Waals surface area (Å²) >= 11 is 0. The summed E-state index contributed by atoms with van der Waals surface area (Å²) < 4.78 is 0. The van der Waals surface area contributed by atoms with Gasteiger partial charge in [0.2, 0.25) is 0 Å². The van der Waals surface area contributed by atoms with E-state index in [0.29, 0.717) is 5.54 Å². The van der Waals surface area contributed by atoms with E-state index in [2.05, 4.69) is 32.8 Å². The molecule has 1 aliphatic rings. The van der Waals surface area contributed by atoms with Gasteiger partial charge in [0.1, 0.15) is 0 Å². The van der Waals surface area contributed by atoms with Crippen LogP contribution in [0.3, 0.4) is 0 Å². The predicted octanol–water partition coefficient (Wildman–Crippen LogP) is 1.35. The van der Waals surface area contributed by atoms with E-state index < -0.39 is 0 Å². The lowest BCUT2D eigenvalue weighted by Crippen LogP contribution is -2.28. The molecule has 0 spiro atoms. The molecule has 0 aliphatic heterocycles. The summed E-state index contributed by atoms with van der Waals surface area (Å²) in [4.78, 5) is 2.32. The third-order valence-corrected chi connectivity index (χ3v) is 2.64. The van der Waals surface area contributed by atoms with Crippen LogP contribution in [0, 0.1) is 5.92 Å². The molecular formula is C7H15N. The van der Waals surface area contributed by atoms with Crippen LogP contribution in [0.5, 0.6) is 0 Å². The predicted molar refractivity (Wildman–Crippen MR) is 35.9 cm³/mol. The zero-order chi connectivity index (χ0) is 6.36. The molecule has 0 aromatic rings. The fraction of sp³-hybridized carbons (Fsp3) is 1.00. The van der Waals surface area contributed by atoms with E-state index in [1.807, 2.05) is 0 Å². The van der Waals surface area contributed by atoms with Gasteiger partial charge in [-0.1, -0.05) is 6.92 Å². The van der Waals surface area contributed by atoms with Gasteiger partial charge in [-0.05, 0) is 33.4 Å². The zero-order valence-electron chi connectivity index (χ0n) is 6.23. The van der Waals surface area contributed by atoms with Gasteiger partial charge in [0.05, 0.1) is 0 Å². The van der Waals surface area contributed by atoms with Gasteiger partial charge >= 0.3 is 0 Å². The first-order valence-corrected chi connectivity index (χ1v) is 3.25. The van der Waals surface area contributed by atoms with Crippen LogP contribution in [0.25, 0.3) is 0 Å². The van der Waals surface area contributed by atoms with Crippen LogP contribution in [-0.4, -0.2) is 24.5 Å². The minimum Gasteiger partial charge on any atom is -0.304 e. The first-order valence-electron chi connectivity index (χ1n) is 3.25. The lowest BCUT2D eigenvalue weighted by atomic mass is 10.2. The second-order valence-electron chi connectivity index (χ2n) is 3.36. The quantitative estimate of drug-likeness (QED) is 0.496. The second-order valence-corrected chi connectivity index (χ2v) is 3.36. The van der Waals surface area contributed by atoms with Crippen LogP contribution in [0.2, 0.25) is 0 Å². The van der Waals surface area contributed by atoms with Crippen molar-refractivity contribution >= 4 is 0 Å².